The summed E-state index contributed by atoms with van der Waals surface area (Å²) in [6, 6.07) is 7.35. The van der Waals surface area contributed by atoms with Crippen molar-refractivity contribution < 1.29 is 13.2 Å². The predicted octanol–water partition coefficient (Wildman–Crippen LogP) is 0.352. The molecule has 1 saturated heterocycles. The molecule has 1 fully saturated rings. The highest BCUT2D eigenvalue weighted by Crippen LogP contribution is 2.17. The van der Waals surface area contributed by atoms with Crippen molar-refractivity contribution in [3.8, 4) is 0 Å². The summed E-state index contributed by atoms with van der Waals surface area (Å²) in [4.78, 5) is 12.0. The maximum Gasteiger partial charge on any atom is 0.251 e. The van der Waals surface area contributed by atoms with Crippen LogP contribution >= 0.6 is 0 Å². The standard InChI is InChI=1S/C14H20N2O3S/c15-6-4-11-2-1-3-13(8-11)14(17)16-9-12-5-7-20(18,19)10-12/h1-3,8,12H,4-7,9-10,15H2,(H,16,17). The first kappa shape index (κ1) is 15.0. The molecule has 0 saturated carbocycles. The highest BCUT2D eigenvalue weighted by Gasteiger charge is 2.27. The van der Waals surface area contributed by atoms with Crippen molar-refractivity contribution in [1.29, 1.82) is 0 Å². The van der Waals surface area contributed by atoms with Crippen molar-refractivity contribution in [3.05, 3.63) is 35.4 Å². The summed E-state index contributed by atoms with van der Waals surface area (Å²) in [6.07, 6.45) is 1.37. The normalized spacial score (nSPS) is 20.8. The SMILES string of the molecule is NCCc1cccc(C(=O)NCC2CCS(=O)(=O)C2)c1. The van der Waals surface area contributed by atoms with E-state index in [-0.39, 0.29) is 23.3 Å². The number of carbonyl (C=O) groups is 1. The Morgan fingerprint density at radius 1 is 1.40 bits per heavy atom. The molecule has 1 aromatic rings. The Balaban J connectivity index is 1.90. The molecule has 110 valence electrons. The molecule has 1 unspecified atom stereocenters. The third-order valence-corrected chi connectivity index (χ3v) is 5.34. The molecule has 3 N–H and O–H groups in total. The molecule has 0 radical (unpaired) electrons. The highest BCUT2D eigenvalue weighted by atomic mass is 32.2. The van der Waals surface area contributed by atoms with Gasteiger partial charge in [-0.15, -0.1) is 0 Å². The van der Waals surface area contributed by atoms with Crippen molar-refractivity contribution in [2.75, 3.05) is 24.6 Å². The second-order valence-electron chi connectivity index (χ2n) is 5.22. The highest BCUT2D eigenvalue weighted by molar-refractivity contribution is 7.91. The Morgan fingerprint density at radius 2 is 2.20 bits per heavy atom. The van der Waals surface area contributed by atoms with Crippen LogP contribution in [-0.2, 0) is 16.3 Å². The van der Waals surface area contributed by atoms with E-state index in [1.54, 1.807) is 6.07 Å². The topological polar surface area (TPSA) is 89.3 Å². The minimum absolute atomic E-state index is 0.0381. The molecule has 0 aliphatic carbocycles. The molecule has 1 atom stereocenters. The van der Waals surface area contributed by atoms with E-state index in [0.717, 1.165) is 12.0 Å². The summed E-state index contributed by atoms with van der Waals surface area (Å²) in [6.45, 7) is 0.962. The van der Waals surface area contributed by atoms with Gasteiger partial charge in [0.2, 0.25) is 0 Å². The Morgan fingerprint density at radius 3 is 2.85 bits per heavy atom. The van der Waals surface area contributed by atoms with Crippen LogP contribution < -0.4 is 11.1 Å². The van der Waals surface area contributed by atoms with Crippen LogP contribution in [0.4, 0.5) is 0 Å². The van der Waals surface area contributed by atoms with Crippen molar-refractivity contribution in [1.82, 2.24) is 5.32 Å². The fourth-order valence-corrected chi connectivity index (χ4v) is 4.27. The summed E-state index contributed by atoms with van der Waals surface area (Å²) in [5.41, 5.74) is 7.12. The van der Waals surface area contributed by atoms with Crippen molar-refractivity contribution in [3.63, 3.8) is 0 Å². The number of hydrogen-bond acceptors (Lipinski definition) is 4. The molecule has 1 aliphatic rings. The van der Waals surface area contributed by atoms with Gasteiger partial charge in [0.1, 0.15) is 0 Å². The number of sulfone groups is 1. The van der Waals surface area contributed by atoms with E-state index in [1.807, 2.05) is 18.2 Å². The number of carbonyl (C=O) groups excluding carboxylic acids is 1. The fraction of sp³-hybridized carbons (Fsp3) is 0.500. The molecule has 0 bridgehead atoms. The first-order valence-corrected chi connectivity index (χ1v) is 8.60. The van der Waals surface area contributed by atoms with Crippen LogP contribution in [0.25, 0.3) is 0 Å². The average Bonchev–Trinajstić information content (AvgIpc) is 2.76. The van der Waals surface area contributed by atoms with E-state index in [4.69, 9.17) is 5.73 Å². The predicted molar refractivity (Wildman–Crippen MR) is 78.3 cm³/mol. The molecule has 20 heavy (non-hydrogen) atoms. The van der Waals surface area contributed by atoms with Crippen LogP contribution in [0.3, 0.4) is 0 Å². The van der Waals surface area contributed by atoms with Crippen LogP contribution in [0, 0.1) is 5.92 Å². The second-order valence-corrected chi connectivity index (χ2v) is 7.45. The van der Waals surface area contributed by atoms with Crippen molar-refractivity contribution in [2.45, 2.75) is 12.8 Å². The van der Waals surface area contributed by atoms with E-state index in [2.05, 4.69) is 5.32 Å². The van der Waals surface area contributed by atoms with E-state index < -0.39 is 9.84 Å². The Bertz CT molecular complexity index is 584. The molecule has 1 amide bonds. The average molecular weight is 296 g/mol. The summed E-state index contributed by atoms with van der Waals surface area (Å²) >= 11 is 0. The molecule has 1 aliphatic heterocycles. The maximum atomic E-state index is 12.0. The second kappa shape index (κ2) is 6.37. The van der Waals surface area contributed by atoms with Gasteiger partial charge in [-0.3, -0.25) is 4.79 Å². The van der Waals surface area contributed by atoms with Crippen molar-refractivity contribution >= 4 is 15.7 Å². The maximum absolute atomic E-state index is 12.0. The molecule has 2 rings (SSSR count). The van der Waals surface area contributed by atoms with Crippen LogP contribution in [0.2, 0.25) is 0 Å². The van der Waals surface area contributed by atoms with Crippen LogP contribution in [0.1, 0.15) is 22.3 Å². The number of rotatable bonds is 5. The quantitative estimate of drug-likeness (QED) is 0.820. The van der Waals surface area contributed by atoms with Crippen molar-refractivity contribution in [2.24, 2.45) is 11.7 Å². The zero-order chi connectivity index (χ0) is 14.6. The van der Waals surface area contributed by atoms with Gasteiger partial charge in [-0.05, 0) is 43.0 Å². The van der Waals surface area contributed by atoms with Gasteiger partial charge in [-0.1, -0.05) is 12.1 Å². The molecule has 1 aromatic carbocycles. The van der Waals surface area contributed by atoms with Crippen LogP contribution in [0.5, 0.6) is 0 Å². The monoisotopic (exact) mass is 296 g/mol. The van der Waals surface area contributed by atoms with Crippen LogP contribution in [0.15, 0.2) is 24.3 Å². The first-order chi connectivity index (χ1) is 9.50. The molecule has 6 heteroatoms. The molecule has 1 heterocycles. The third kappa shape index (κ3) is 4.05. The Kier molecular flexibility index (Phi) is 4.77. The van der Waals surface area contributed by atoms with Gasteiger partial charge in [-0.2, -0.15) is 0 Å². The lowest BCUT2D eigenvalue weighted by Crippen LogP contribution is -2.29. The zero-order valence-corrected chi connectivity index (χ0v) is 12.2. The van der Waals surface area contributed by atoms with Gasteiger partial charge < -0.3 is 11.1 Å². The minimum atomic E-state index is -2.89. The summed E-state index contributed by atoms with van der Waals surface area (Å²) in [7, 11) is -2.89. The van der Waals surface area contributed by atoms with E-state index in [0.29, 0.717) is 25.1 Å². The molecular formula is C14H20N2O3S. The van der Waals surface area contributed by atoms with Gasteiger partial charge in [-0.25, -0.2) is 8.42 Å². The lowest BCUT2D eigenvalue weighted by Gasteiger charge is -2.10. The Labute approximate surface area is 119 Å². The summed E-state index contributed by atoms with van der Waals surface area (Å²) in [5.74, 6) is 0.296. The van der Waals surface area contributed by atoms with Gasteiger partial charge in [0.05, 0.1) is 11.5 Å². The van der Waals surface area contributed by atoms with E-state index in [9.17, 15) is 13.2 Å². The van der Waals surface area contributed by atoms with Gasteiger partial charge >= 0.3 is 0 Å². The summed E-state index contributed by atoms with van der Waals surface area (Å²) < 4.78 is 22.7. The molecular weight excluding hydrogens is 276 g/mol. The number of amides is 1. The third-order valence-electron chi connectivity index (χ3n) is 3.50. The Hall–Kier alpha value is -1.40. The molecule has 5 nitrogen and oxygen atoms in total. The number of nitrogens with one attached hydrogen (secondary N) is 1. The number of benzene rings is 1. The lowest BCUT2D eigenvalue weighted by molar-refractivity contribution is 0.0948. The number of nitrogens with two attached hydrogens (primary N) is 1. The van der Waals surface area contributed by atoms with Gasteiger partial charge in [0.25, 0.3) is 5.91 Å². The zero-order valence-electron chi connectivity index (χ0n) is 11.3. The van der Waals surface area contributed by atoms with E-state index in [1.165, 1.54) is 0 Å². The minimum Gasteiger partial charge on any atom is -0.352 e. The van der Waals surface area contributed by atoms with Gasteiger partial charge in [0.15, 0.2) is 9.84 Å². The van der Waals surface area contributed by atoms with E-state index >= 15 is 0 Å². The largest absolute Gasteiger partial charge is 0.352 e. The first-order valence-electron chi connectivity index (χ1n) is 6.78. The lowest BCUT2D eigenvalue weighted by atomic mass is 10.1. The number of hydrogen-bond donors (Lipinski definition) is 2. The van der Waals surface area contributed by atoms with Gasteiger partial charge in [0, 0.05) is 12.1 Å². The summed E-state index contributed by atoms with van der Waals surface area (Å²) in [5, 5.41) is 2.81. The molecule has 0 spiro atoms. The van der Waals surface area contributed by atoms with Crippen LogP contribution in [-0.4, -0.2) is 38.9 Å². The fourth-order valence-electron chi connectivity index (χ4n) is 2.41. The molecule has 0 aromatic heterocycles. The smallest absolute Gasteiger partial charge is 0.251 e.